The van der Waals surface area contributed by atoms with Gasteiger partial charge in [-0.05, 0) is 32.9 Å². The number of phenolic OH excluding ortho intramolecular Hbond substituents is 1. The number of ether oxygens (including phenoxy) is 1. The first-order valence-corrected chi connectivity index (χ1v) is 14.3. The summed E-state index contributed by atoms with van der Waals surface area (Å²) in [5, 5.41) is 30.5. The monoisotopic (exact) mass is 567 g/mol. The van der Waals surface area contributed by atoms with Gasteiger partial charge in [0, 0.05) is 0 Å². The fourth-order valence-electron chi connectivity index (χ4n) is 4.11. The molecule has 4 rings (SSSR count). The Balaban J connectivity index is 0.000000532. The number of carbonyl (C=O) groups excluding carboxylic acids is 1. The molecule has 1 aliphatic rings. The van der Waals surface area contributed by atoms with Gasteiger partial charge in [0.2, 0.25) is 0 Å². The molecule has 3 heterocycles. The number of aromatic hydroxyl groups is 1. The second-order valence-corrected chi connectivity index (χ2v) is 10.8. The maximum atomic E-state index is 12.4. The molecule has 1 aromatic carbocycles. The summed E-state index contributed by atoms with van der Waals surface area (Å²) < 4.78 is 24.3. The van der Waals surface area contributed by atoms with Crippen molar-refractivity contribution in [2.45, 2.75) is 45.3 Å². The van der Waals surface area contributed by atoms with E-state index in [1.165, 1.54) is 61.1 Å². The average Bonchev–Trinajstić information content (AvgIpc) is 3.46. The first-order chi connectivity index (χ1) is 18.5. The predicted molar refractivity (Wildman–Crippen MR) is 141 cm³/mol. The van der Waals surface area contributed by atoms with Crippen LogP contribution in [0.4, 0.5) is 5.82 Å². The van der Waals surface area contributed by atoms with Crippen LogP contribution < -0.4 is 10.6 Å². The van der Waals surface area contributed by atoms with Crippen LogP contribution in [0.5, 0.6) is 5.75 Å². The molecule has 15 heteroatoms. The number of hydrogen-bond acceptors (Lipinski definition) is 11. The van der Waals surface area contributed by atoms with Crippen molar-refractivity contribution in [2.75, 3.05) is 38.1 Å². The number of nitrogens with zero attached hydrogens (tertiary/aromatic N) is 4. The second kappa shape index (κ2) is 13.4. The number of benzene rings is 1. The number of imidazole rings is 1. The number of ketones is 1. The smallest absolute Gasteiger partial charge is 0.335 e. The molecule has 0 bridgehead atoms. The standard InChI is InChI=1S/C18H20N5O8P.C6H15N/c19-16-13-17(21-7-20-16)23(8-22-13)18-15(27)14(26)12(31-18)5-30-32(28,29)6-11(25)9-3-1-2-4-10(9)24;1-4-7(5-2)6-3/h1-4,7-8,12,14-15,18,24,26-27H,5-6H2,(H,28,29)(H2,19,20,21);4-6H2,1-3H3/p+1/t12-,14-,15-,18-;/m1./s1. The molecule has 7 N–H and O–H groups in total. The molecule has 1 fully saturated rings. The molecule has 14 nitrogen and oxygen atoms in total. The summed E-state index contributed by atoms with van der Waals surface area (Å²) in [4.78, 5) is 35.9. The van der Waals surface area contributed by atoms with Crippen molar-refractivity contribution in [1.29, 1.82) is 0 Å². The summed E-state index contributed by atoms with van der Waals surface area (Å²) in [6.07, 6.45) is -3.59. The minimum Gasteiger partial charge on any atom is -0.507 e. The van der Waals surface area contributed by atoms with Crippen molar-refractivity contribution in [2.24, 2.45) is 0 Å². The number of anilines is 1. The molecule has 0 aliphatic carbocycles. The lowest BCUT2D eigenvalue weighted by atomic mass is 10.1. The van der Waals surface area contributed by atoms with Crippen LogP contribution >= 0.6 is 7.60 Å². The molecule has 0 spiro atoms. The predicted octanol–water partition coefficient (Wildman–Crippen LogP) is -0.251. The van der Waals surface area contributed by atoms with Crippen molar-refractivity contribution in [3.05, 3.63) is 42.5 Å². The van der Waals surface area contributed by atoms with Gasteiger partial charge in [0.05, 0.1) is 38.1 Å². The van der Waals surface area contributed by atoms with Crippen LogP contribution in [0.3, 0.4) is 0 Å². The van der Waals surface area contributed by atoms with Gasteiger partial charge in [0.25, 0.3) is 0 Å². The fourth-order valence-corrected chi connectivity index (χ4v) is 5.12. The van der Waals surface area contributed by atoms with E-state index in [0.29, 0.717) is 0 Å². The number of rotatable bonds is 10. The number of Topliss-reactive ketones (excluding diaryl/α,β-unsaturated/α-hetero) is 1. The zero-order chi connectivity index (χ0) is 28.7. The molecule has 214 valence electrons. The first kappa shape index (κ1) is 30.6. The van der Waals surface area contributed by atoms with Gasteiger partial charge in [-0.3, -0.25) is 13.9 Å². The summed E-state index contributed by atoms with van der Waals surface area (Å²) in [7, 11) is -4.45. The Morgan fingerprint density at radius 1 is 1.13 bits per heavy atom. The van der Waals surface area contributed by atoms with Crippen molar-refractivity contribution in [1.82, 2.24) is 19.5 Å². The van der Waals surface area contributed by atoms with E-state index in [9.17, 15) is 29.6 Å². The maximum absolute atomic E-state index is 12.4. The van der Waals surface area contributed by atoms with Crippen LogP contribution in [0.15, 0.2) is 36.9 Å². The molecule has 0 amide bonds. The zero-order valence-electron chi connectivity index (χ0n) is 22.0. The average molecular weight is 568 g/mol. The number of nitrogens with two attached hydrogens (primary N) is 1. The van der Waals surface area contributed by atoms with Crippen molar-refractivity contribution in [3.63, 3.8) is 0 Å². The van der Waals surface area contributed by atoms with Gasteiger partial charge in [-0.2, -0.15) is 0 Å². The van der Waals surface area contributed by atoms with Crippen LogP contribution in [0.25, 0.3) is 11.2 Å². The Kier molecular flexibility index (Phi) is 10.5. The Morgan fingerprint density at radius 3 is 2.41 bits per heavy atom. The SMILES string of the molecule is CC[NH+](CC)CC.Nc1ncnc2c1ncn2[C@@H]1O[C@H](COP(=O)(O)CC(=O)c2ccccc2O)[C@@H](O)[C@H]1O. The molecular weight excluding hydrogens is 531 g/mol. The third kappa shape index (κ3) is 7.37. The normalized spacial score (nSPS) is 22.4. The van der Waals surface area contributed by atoms with Crippen LogP contribution in [-0.2, 0) is 13.8 Å². The van der Waals surface area contributed by atoms with E-state index in [2.05, 4.69) is 35.7 Å². The van der Waals surface area contributed by atoms with Gasteiger partial charge in [-0.25, -0.2) is 15.0 Å². The van der Waals surface area contributed by atoms with Gasteiger partial charge in [-0.15, -0.1) is 0 Å². The van der Waals surface area contributed by atoms with Crippen LogP contribution in [0, 0.1) is 0 Å². The van der Waals surface area contributed by atoms with E-state index < -0.39 is 50.7 Å². The molecule has 0 radical (unpaired) electrons. The molecule has 1 unspecified atom stereocenters. The Bertz CT molecular complexity index is 1300. The van der Waals surface area contributed by atoms with E-state index in [0.717, 1.165) is 0 Å². The van der Waals surface area contributed by atoms with E-state index >= 15 is 0 Å². The Hall–Kier alpha value is -2.97. The highest BCUT2D eigenvalue weighted by Gasteiger charge is 2.45. The number of phenols is 1. The third-order valence-electron chi connectivity index (χ3n) is 6.49. The summed E-state index contributed by atoms with van der Waals surface area (Å²) in [5.74, 6) is -0.992. The third-order valence-corrected chi connectivity index (χ3v) is 7.73. The van der Waals surface area contributed by atoms with Crippen molar-refractivity contribution >= 4 is 30.4 Å². The van der Waals surface area contributed by atoms with E-state index in [1.807, 2.05) is 0 Å². The molecule has 39 heavy (non-hydrogen) atoms. The number of carbonyl (C=O) groups is 1. The lowest BCUT2D eigenvalue weighted by Crippen LogP contribution is -3.11. The van der Waals surface area contributed by atoms with Gasteiger partial charge < -0.3 is 40.1 Å². The Morgan fingerprint density at radius 2 is 1.79 bits per heavy atom. The number of nitrogens with one attached hydrogen (secondary N) is 1. The van der Waals surface area contributed by atoms with Gasteiger partial charge >= 0.3 is 7.60 Å². The number of aliphatic hydroxyl groups excluding tert-OH is 2. The molecular formula is C24H36N6O8P+. The topological polar surface area (TPSA) is 208 Å². The minimum atomic E-state index is -4.45. The molecule has 2 aromatic heterocycles. The largest absolute Gasteiger partial charge is 0.507 e. The van der Waals surface area contributed by atoms with Crippen molar-refractivity contribution in [3.8, 4) is 5.75 Å². The summed E-state index contributed by atoms with van der Waals surface area (Å²) in [6, 6.07) is 5.59. The Labute approximate surface area is 225 Å². The van der Waals surface area contributed by atoms with Crippen molar-refractivity contribution < 1.29 is 43.7 Å². The number of aromatic nitrogens is 4. The lowest BCUT2D eigenvalue weighted by Gasteiger charge is -2.18. The first-order valence-electron chi connectivity index (χ1n) is 12.6. The van der Waals surface area contributed by atoms with Crippen LogP contribution in [0.2, 0.25) is 0 Å². The number of para-hydroxylation sites is 1. The zero-order valence-corrected chi connectivity index (χ0v) is 22.9. The lowest BCUT2D eigenvalue weighted by molar-refractivity contribution is -0.894. The fraction of sp³-hybridized carbons (Fsp3) is 0.500. The quantitative estimate of drug-likeness (QED) is 0.138. The number of hydrogen-bond donors (Lipinski definition) is 6. The number of nitrogen functional groups attached to an aromatic ring is 1. The number of fused-ring (bicyclic) bond motifs is 1. The molecule has 1 aliphatic heterocycles. The van der Waals surface area contributed by atoms with E-state index in [-0.39, 0.29) is 28.3 Å². The number of aliphatic hydroxyl groups is 2. The van der Waals surface area contributed by atoms with Gasteiger partial charge in [0.1, 0.15) is 42.1 Å². The highest BCUT2D eigenvalue weighted by molar-refractivity contribution is 7.53. The van der Waals surface area contributed by atoms with Gasteiger partial charge in [0.15, 0.2) is 23.5 Å². The van der Waals surface area contributed by atoms with E-state index in [1.54, 1.807) is 4.90 Å². The molecule has 1 saturated heterocycles. The highest BCUT2D eigenvalue weighted by Crippen LogP contribution is 2.44. The molecule has 0 saturated carbocycles. The second-order valence-electron chi connectivity index (χ2n) is 8.97. The van der Waals surface area contributed by atoms with E-state index in [4.69, 9.17) is 15.0 Å². The van der Waals surface area contributed by atoms with Gasteiger partial charge in [-0.1, -0.05) is 12.1 Å². The highest BCUT2D eigenvalue weighted by atomic mass is 31.2. The minimum absolute atomic E-state index is 0.119. The van der Waals surface area contributed by atoms with Crippen LogP contribution in [0.1, 0.15) is 37.4 Å². The summed E-state index contributed by atoms with van der Waals surface area (Å²) in [5.41, 5.74) is 6.16. The molecule has 5 atom stereocenters. The number of quaternary nitrogens is 1. The van der Waals surface area contributed by atoms with Crippen LogP contribution in [-0.4, -0.2) is 96.2 Å². The maximum Gasteiger partial charge on any atom is 0.335 e. The summed E-state index contributed by atoms with van der Waals surface area (Å²) >= 11 is 0. The molecule has 3 aromatic rings. The summed E-state index contributed by atoms with van der Waals surface area (Å²) in [6.45, 7) is 9.90.